The van der Waals surface area contributed by atoms with Gasteiger partial charge in [-0.1, -0.05) is 48.0 Å². The fraction of sp³-hybridized carbons (Fsp3) is 0.333. The summed E-state index contributed by atoms with van der Waals surface area (Å²) in [5.74, 6) is 0.246. The highest BCUT2D eigenvalue weighted by Gasteiger charge is 2.15. The van der Waals surface area contributed by atoms with Crippen molar-refractivity contribution in [1.82, 2.24) is 4.90 Å². The lowest BCUT2D eigenvalue weighted by Gasteiger charge is -2.29. The molecule has 0 bridgehead atoms. The van der Waals surface area contributed by atoms with E-state index in [0.717, 1.165) is 23.2 Å². The minimum atomic E-state index is 0.246. The second kappa shape index (κ2) is 8.36. The van der Waals surface area contributed by atoms with E-state index in [1.807, 2.05) is 24.3 Å². The molecule has 0 amide bonds. The standard InChI is InChI=1S/C21H26ClNO/c1-15(2)23(16(3)4)13-12-19(17-8-6-5-7-9-17)20-14-18(22)10-11-21(20)24/h5-12,14-16,24H,13H2,1-4H3/b19-12-. The Labute approximate surface area is 150 Å². The number of rotatable bonds is 6. The topological polar surface area (TPSA) is 23.5 Å². The number of halogens is 1. The van der Waals surface area contributed by atoms with Gasteiger partial charge < -0.3 is 5.11 Å². The number of aromatic hydroxyl groups is 1. The van der Waals surface area contributed by atoms with E-state index in [9.17, 15) is 5.11 Å². The van der Waals surface area contributed by atoms with E-state index in [-0.39, 0.29) is 5.75 Å². The SMILES string of the molecule is CC(C)N(C/C=C(/c1ccccc1)c1cc(Cl)ccc1O)C(C)C. The van der Waals surface area contributed by atoms with E-state index in [1.54, 1.807) is 12.1 Å². The van der Waals surface area contributed by atoms with E-state index >= 15 is 0 Å². The lowest BCUT2D eigenvalue weighted by molar-refractivity contribution is 0.196. The highest BCUT2D eigenvalue weighted by molar-refractivity contribution is 6.30. The molecule has 0 heterocycles. The van der Waals surface area contributed by atoms with Crippen LogP contribution in [0.15, 0.2) is 54.6 Å². The summed E-state index contributed by atoms with van der Waals surface area (Å²) >= 11 is 6.16. The van der Waals surface area contributed by atoms with Crippen molar-refractivity contribution in [3.8, 4) is 5.75 Å². The molecular formula is C21H26ClNO. The van der Waals surface area contributed by atoms with Crippen LogP contribution in [0.5, 0.6) is 5.75 Å². The molecule has 24 heavy (non-hydrogen) atoms. The van der Waals surface area contributed by atoms with E-state index in [2.05, 4.69) is 50.8 Å². The van der Waals surface area contributed by atoms with Crippen LogP contribution in [0, 0.1) is 0 Å². The first-order valence-corrected chi connectivity index (χ1v) is 8.78. The average molecular weight is 344 g/mol. The van der Waals surface area contributed by atoms with Crippen LogP contribution in [-0.2, 0) is 0 Å². The molecule has 0 aliphatic carbocycles. The van der Waals surface area contributed by atoms with Crippen LogP contribution in [0.3, 0.4) is 0 Å². The third-order valence-electron chi connectivity index (χ3n) is 4.17. The number of nitrogens with zero attached hydrogens (tertiary/aromatic N) is 1. The van der Waals surface area contributed by atoms with Gasteiger partial charge in [-0.15, -0.1) is 0 Å². The second-order valence-electron chi connectivity index (χ2n) is 6.53. The van der Waals surface area contributed by atoms with Crippen LogP contribution in [0.25, 0.3) is 5.57 Å². The van der Waals surface area contributed by atoms with E-state index in [4.69, 9.17) is 11.6 Å². The monoisotopic (exact) mass is 343 g/mol. The molecular weight excluding hydrogens is 318 g/mol. The lowest BCUT2D eigenvalue weighted by Crippen LogP contribution is -2.37. The Kier molecular flexibility index (Phi) is 6.47. The second-order valence-corrected chi connectivity index (χ2v) is 6.97. The van der Waals surface area contributed by atoms with Gasteiger partial charge in [0.15, 0.2) is 0 Å². The Morgan fingerprint density at radius 1 is 1.04 bits per heavy atom. The summed E-state index contributed by atoms with van der Waals surface area (Å²) < 4.78 is 0. The minimum Gasteiger partial charge on any atom is -0.507 e. The van der Waals surface area contributed by atoms with Crippen LogP contribution >= 0.6 is 11.6 Å². The lowest BCUT2D eigenvalue weighted by atomic mass is 9.96. The molecule has 0 unspecified atom stereocenters. The Hall–Kier alpha value is -1.77. The summed E-state index contributed by atoms with van der Waals surface area (Å²) in [7, 11) is 0. The van der Waals surface area contributed by atoms with Gasteiger partial charge in [0.25, 0.3) is 0 Å². The van der Waals surface area contributed by atoms with Gasteiger partial charge in [0.1, 0.15) is 5.75 Å². The van der Waals surface area contributed by atoms with Crippen molar-refractivity contribution >= 4 is 17.2 Å². The Morgan fingerprint density at radius 2 is 1.67 bits per heavy atom. The minimum absolute atomic E-state index is 0.246. The molecule has 2 rings (SSSR count). The molecule has 0 saturated carbocycles. The maximum atomic E-state index is 10.3. The van der Waals surface area contributed by atoms with Crippen molar-refractivity contribution in [3.05, 3.63) is 70.8 Å². The zero-order valence-electron chi connectivity index (χ0n) is 14.8. The number of benzene rings is 2. The van der Waals surface area contributed by atoms with Gasteiger partial charge in [0, 0.05) is 29.2 Å². The molecule has 2 aromatic rings. The van der Waals surface area contributed by atoms with Crippen molar-refractivity contribution in [3.63, 3.8) is 0 Å². The molecule has 2 nitrogen and oxygen atoms in total. The number of phenols is 1. The molecule has 0 fully saturated rings. The first kappa shape index (κ1) is 18.6. The summed E-state index contributed by atoms with van der Waals surface area (Å²) in [6.45, 7) is 9.62. The largest absolute Gasteiger partial charge is 0.507 e. The maximum absolute atomic E-state index is 10.3. The zero-order chi connectivity index (χ0) is 17.7. The van der Waals surface area contributed by atoms with Crippen molar-refractivity contribution < 1.29 is 5.11 Å². The Morgan fingerprint density at radius 3 is 2.25 bits per heavy atom. The molecule has 0 aromatic heterocycles. The quantitative estimate of drug-likeness (QED) is 0.738. The van der Waals surface area contributed by atoms with Gasteiger partial charge in [-0.05, 0) is 57.0 Å². The smallest absolute Gasteiger partial charge is 0.123 e. The van der Waals surface area contributed by atoms with Gasteiger partial charge in [0.05, 0.1) is 0 Å². The third kappa shape index (κ3) is 4.62. The number of hydrogen-bond donors (Lipinski definition) is 1. The Bertz CT molecular complexity index is 684. The van der Waals surface area contributed by atoms with Gasteiger partial charge in [-0.3, -0.25) is 4.90 Å². The molecule has 0 radical (unpaired) electrons. The molecule has 2 aromatic carbocycles. The van der Waals surface area contributed by atoms with Crippen molar-refractivity contribution in [1.29, 1.82) is 0 Å². The summed E-state index contributed by atoms with van der Waals surface area (Å²) in [5.41, 5.74) is 2.84. The number of phenolic OH excluding ortho intramolecular Hbond substituents is 1. The normalized spacial score (nSPS) is 12.4. The zero-order valence-corrected chi connectivity index (χ0v) is 15.6. The van der Waals surface area contributed by atoms with Crippen molar-refractivity contribution in [2.45, 2.75) is 39.8 Å². The van der Waals surface area contributed by atoms with Crippen LogP contribution in [0.4, 0.5) is 0 Å². The maximum Gasteiger partial charge on any atom is 0.123 e. The number of hydrogen-bond acceptors (Lipinski definition) is 2. The van der Waals surface area contributed by atoms with Crippen LogP contribution in [0.2, 0.25) is 5.02 Å². The van der Waals surface area contributed by atoms with Gasteiger partial charge in [-0.2, -0.15) is 0 Å². The van der Waals surface area contributed by atoms with Gasteiger partial charge in [0.2, 0.25) is 0 Å². The highest BCUT2D eigenvalue weighted by Crippen LogP contribution is 2.32. The van der Waals surface area contributed by atoms with Crippen molar-refractivity contribution in [2.75, 3.05) is 6.54 Å². The van der Waals surface area contributed by atoms with E-state index in [1.165, 1.54) is 0 Å². The van der Waals surface area contributed by atoms with Crippen LogP contribution < -0.4 is 0 Å². The summed E-state index contributed by atoms with van der Waals surface area (Å²) in [6.07, 6.45) is 2.18. The van der Waals surface area contributed by atoms with Crippen LogP contribution in [0.1, 0.15) is 38.8 Å². The van der Waals surface area contributed by atoms with Gasteiger partial charge >= 0.3 is 0 Å². The summed E-state index contributed by atoms with van der Waals surface area (Å²) in [5, 5.41) is 11.0. The van der Waals surface area contributed by atoms with Crippen LogP contribution in [-0.4, -0.2) is 28.6 Å². The predicted molar refractivity (Wildman–Crippen MR) is 104 cm³/mol. The fourth-order valence-corrected chi connectivity index (χ4v) is 3.11. The molecule has 0 aliphatic heterocycles. The molecule has 0 aliphatic rings. The summed E-state index contributed by atoms with van der Waals surface area (Å²) in [6, 6.07) is 16.2. The molecule has 0 spiro atoms. The molecule has 128 valence electrons. The first-order chi connectivity index (χ1) is 11.4. The van der Waals surface area contributed by atoms with Crippen molar-refractivity contribution in [2.24, 2.45) is 0 Å². The highest BCUT2D eigenvalue weighted by atomic mass is 35.5. The average Bonchev–Trinajstić information content (AvgIpc) is 2.54. The first-order valence-electron chi connectivity index (χ1n) is 8.40. The molecule has 3 heteroatoms. The predicted octanol–water partition coefficient (Wildman–Crippen LogP) is 5.60. The molecule has 0 saturated heterocycles. The fourth-order valence-electron chi connectivity index (χ4n) is 2.94. The summed E-state index contributed by atoms with van der Waals surface area (Å²) in [4.78, 5) is 2.41. The molecule has 1 N–H and O–H groups in total. The van der Waals surface area contributed by atoms with E-state index in [0.29, 0.717) is 17.1 Å². The molecule has 0 atom stereocenters. The van der Waals surface area contributed by atoms with E-state index < -0.39 is 0 Å². The Balaban J connectivity index is 2.48. The third-order valence-corrected chi connectivity index (χ3v) is 4.40. The van der Waals surface area contributed by atoms with Gasteiger partial charge in [-0.25, -0.2) is 0 Å².